The first-order valence-electron chi connectivity index (χ1n) is 13.3. The minimum atomic E-state index is -1.10. The van der Waals surface area contributed by atoms with E-state index < -0.39 is 24.0 Å². The summed E-state index contributed by atoms with van der Waals surface area (Å²) in [5.74, 6) is 0.157. The van der Waals surface area contributed by atoms with Crippen molar-refractivity contribution in [1.82, 2.24) is 10.3 Å². The number of anilines is 1. The van der Waals surface area contributed by atoms with Crippen LogP contribution in [0.3, 0.4) is 0 Å². The first kappa shape index (κ1) is 25.4. The largest absolute Gasteiger partial charge is 0.480 e. The van der Waals surface area contributed by atoms with E-state index in [1.165, 1.54) is 23.8 Å². The highest BCUT2D eigenvalue weighted by molar-refractivity contribution is 5.86. The molecule has 1 aromatic carbocycles. The standard InChI is InChI=1S/C28H34FN3O5/c29-20-6-10-24-19(16-20)5-9-25(37-24)27(33)32-23(28(34)35)11-13-36-22-14-17(15-22)3-7-21-8-4-18-2-1-12-30-26(18)31-21/h4,6,8,10,16-17,22-23,25H,1-3,5,7,9,11-15H2,(H,30,31)(H,32,33)(H,34,35)/t17?,22?,23-,25?/m0/s1. The number of carbonyl (C=O) groups is 2. The molecule has 1 fully saturated rings. The number of carboxylic acids is 1. The molecule has 37 heavy (non-hydrogen) atoms. The summed E-state index contributed by atoms with van der Waals surface area (Å²) in [7, 11) is 0. The molecule has 1 aliphatic carbocycles. The van der Waals surface area contributed by atoms with Crippen LogP contribution in [0.15, 0.2) is 30.3 Å². The molecule has 0 saturated heterocycles. The van der Waals surface area contributed by atoms with Crippen molar-refractivity contribution in [2.75, 3.05) is 18.5 Å². The molecule has 2 aliphatic heterocycles. The van der Waals surface area contributed by atoms with Crippen LogP contribution in [0.2, 0.25) is 0 Å². The summed E-state index contributed by atoms with van der Waals surface area (Å²) in [6.07, 6.45) is 6.56. The lowest BCUT2D eigenvalue weighted by Gasteiger charge is -2.35. The third-order valence-corrected chi connectivity index (χ3v) is 7.59. The number of amides is 1. The number of carbonyl (C=O) groups excluding carboxylic acids is 1. The fourth-order valence-electron chi connectivity index (χ4n) is 5.32. The van der Waals surface area contributed by atoms with Gasteiger partial charge in [0.05, 0.1) is 6.10 Å². The summed E-state index contributed by atoms with van der Waals surface area (Å²) in [5, 5.41) is 15.5. The second-order valence-corrected chi connectivity index (χ2v) is 10.3. The van der Waals surface area contributed by atoms with Crippen LogP contribution in [0.25, 0.3) is 0 Å². The summed E-state index contributed by atoms with van der Waals surface area (Å²) in [4.78, 5) is 29.1. The van der Waals surface area contributed by atoms with E-state index in [0.717, 1.165) is 56.6 Å². The van der Waals surface area contributed by atoms with E-state index in [9.17, 15) is 19.1 Å². The number of ether oxygens (including phenoxy) is 2. The van der Waals surface area contributed by atoms with Crippen LogP contribution in [-0.4, -0.2) is 53.4 Å². The van der Waals surface area contributed by atoms with Crippen LogP contribution in [0.5, 0.6) is 5.75 Å². The third-order valence-electron chi connectivity index (χ3n) is 7.59. The Balaban J connectivity index is 1.00. The first-order valence-corrected chi connectivity index (χ1v) is 13.3. The van der Waals surface area contributed by atoms with Crippen molar-refractivity contribution in [2.24, 2.45) is 5.92 Å². The smallest absolute Gasteiger partial charge is 0.326 e. The Morgan fingerprint density at radius 3 is 2.92 bits per heavy atom. The number of benzene rings is 1. The zero-order valence-corrected chi connectivity index (χ0v) is 20.9. The molecule has 198 valence electrons. The number of pyridine rings is 1. The van der Waals surface area contributed by atoms with Crippen LogP contribution < -0.4 is 15.4 Å². The van der Waals surface area contributed by atoms with Gasteiger partial charge in [0, 0.05) is 25.3 Å². The lowest BCUT2D eigenvalue weighted by atomic mass is 9.79. The fraction of sp³-hybridized carbons (Fsp3) is 0.536. The predicted molar refractivity (Wildman–Crippen MR) is 135 cm³/mol. The van der Waals surface area contributed by atoms with E-state index >= 15 is 0 Å². The fourth-order valence-corrected chi connectivity index (χ4v) is 5.32. The van der Waals surface area contributed by atoms with Crippen LogP contribution >= 0.6 is 0 Å². The van der Waals surface area contributed by atoms with Gasteiger partial charge < -0.3 is 25.2 Å². The first-order chi connectivity index (χ1) is 17.9. The highest BCUT2D eigenvalue weighted by atomic mass is 19.1. The Kier molecular flexibility index (Phi) is 7.88. The molecule has 2 aromatic rings. The van der Waals surface area contributed by atoms with Crippen LogP contribution in [-0.2, 0) is 33.6 Å². The Morgan fingerprint density at radius 2 is 2.08 bits per heavy atom. The van der Waals surface area contributed by atoms with Gasteiger partial charge in [-0.3, -0.25) is 4.79 Å². The molecular weight excluding hydrogens is 477 g/mol. The summed E-state index contributed by atoms with van der Waals surface area (Å²) in [6, 6.07) is 7.45. The summed E-state index contributed by atoms with van der Waals surface area (Å²) >= 11 is 0. The molecule has 1 amide bonds. The second kappa shape index (κ2) is 11.5. The molecule has 2 atom stereocenters. The number of halogens is 1. The Labute approximate surface area is 216 Å². The van der Waals surface area contributed by atoms with Gasteiger partial charge in [0.15, 0.2) is 6.10 Å². The van der Waals surface area contributed by atoms with Crippen LogP contribution in [0.1, 0.15) is 55.3 Å². The van der Waals surface area contributed by atoms with E-state index in [4.69, 9.17) is 14.5 Å². The molecule has 1 unspecified atom stereocenters. The number of aromatic nitrogens is 1. The van der Waals surface area contributed by atoms with E-state index in [1.54, 1.807) is 0 Å². The zero-order valence-electron chi connectivity index (χ0n) is 20.9. The number of aryl methyl sites for hydroxylation is 3. The molecule has 5 rings (SSSR count). The lowest BCUT2D eigenvalue weighted by Crippen LogP contribution is -2.48. The number of hydrogen-bond acceptors (Lipinski definition) is 6. The third kappa shape index (κ3) is 6.39. The Hall–Kier alpha value is -3.20. The van der Waals surface area contributed by atoms with Gasteiger partial charge in [-0.2, -0.15) is 0 Å². The molecule has 3 heterocycles. The van der Waals surface area contributed by atoms with Gasteiger partial charge in [0.25, 0.3) is 5.91 Å². The van der Waals surface area contributed by atoms with Crippen molar-refractivity contribution in [2.45, 2.75) is 76.0 Å². The maximum atomic E-state index is 13.4. The second-order valence-electron chi connectivity index (χ2n) is 10.3. The highest BCUT2D eigenvalue weighted by Gasteiger charge is 2.32. The van der Waals surface area contributed by atoms with Crippen LogP contribution in [0, 0.1) is 11.7 Å². The highest BCUT2D eigenvalue weighted by Crippen LogP contribution is 2.34. The quantitative estimate of drug-likeness (QED) is 0.447. The van der Waals surface area contributed by atoms with E-state index in [0.29, 0.717) is 30.1 Å². The minimum absolute atomic E-state index is 0.131. The van der Waals surface area contributed by atoms with Gasteiger partial charge in [0.2, 0.25) is 0 Å². The van der Waals surface area contributed by atoms with E-state index in [-0.39, 0.29) is 24.9 Å². The molecule has 3 aliphatic rings. The number of hydrogen-bond donors (Lipinski definition) is 3. The SMILES string of the molecule is O=C(N[C@@H](CCOC1CC(CCc2ccc3c(n2)NCCC3)C1)C(=O)O)C1CCc2cc(F)ccc2O1. The Bertz CT molecular complexity index is 1140. The number of nitrogens with zero attached hydrogens (tertiary/aromatic N) is 1. The molecule has 0 radical (unpaired) electrons. The maximum absolute atomic E-state index is 13.4. The Morgan fingerprint density at radius 1 is 1.22 bits per heavy atom. The van der Waals surface area contributed by atoms with Gasteiger partial charge in [-0.25, -0.2) is 14.2 Å². The predicted octanol–water partition coefficient (Wildman–Crippen LogP) is 3.66. The van der Waals surface area contributed by atoms with Crippen LogP contribution in [0.4, 0.5) is 10.2 Å². The number of nitrogens with one attached hydrogen (secondary N) is 2. The van der Waals surface area contributed by atoms with E-state index in [1.807, 2.05) is 0 Å². The molecule has 0 bridgehead atoms. The van der Waals surface area contributed by atoms with Crippen molar-refractivity contribution in [3.05, 3.63) is 53.0 Å². The number of rotatable bonds is 10. The summed E-state index contributed by atoms with van der Waals surface area (Å²) in [5.41, 5.74) is 3.13. The van der Waals surface area contributed by atoms with Gasteiger partial charge >= 0.3 is 5.97 Å². The summed E-state index contributed by atoms with van der Waals surface area (Å²) in [6.45, 7) is 1.25. The topological polar surface area (TPSA) is 110 Å². The maximum Gasteiger partial charge on any atom is 0.326 e. The zero-order chi connectivity index (χ0) is 25.8. The molecule has 9 heteroatoms. The van der Waals surface area contributed by atoms with Crippen molar-refractivity contribution in [3.63, 3.8) is 0 Å². The number of carboxylic acid groups (broad SMARTS) is 1. The molecule has 1 saturated carbocycles. The van der Waals surface area contributed by atoms with Gasteiger partial charge in [-0.15, -0.1) is 0 Å². The number of fused-ring (bicyclic) bond motifs is 2. The lowest BCUT2D eigenvalue weighted by molar-refractivity contribution is -0.144. The number of aliphatic carboxylic acids is 1. The average molecular weight is 512 g/mol. The summed E-state index contributed by atoms with van der Waals surface area (Å²) < 4.78 is 25.0. The molecule has 3 N–H and O–H groups in total. The van der Waals surface area contributed by atoms with Crippen molar-refractivity contribution >= 4 is 17.7 Å². The molecule has 0 spiro atoms. The van der Waals surface area contributed by atoms with Crippen molar-refractivity contribution < 1.29 is 28.6 Å². The normalized spacial score (nSPS) is 22.9. The molecular formula is C28H34FN3O5. The van der Waals surface area contributed by atoms with E-state index in [2.05, 4.69) is 22.8 Å². The molecule has 8 nitrogen and oxygen atoms in total. The van der Waals surface area contributed by atoms with Gasteiger partial charge in [-0.05, 0) is 92.7 Å². The van der Waals surface area contributed by atoms with Gasteiger partial charge in [-0.1, -0.05) is 6.07 Å². The van der Waals surface area contributed by atoms with Crippen molar-refractivity contribution in [1.29, 1.82) is 0 Å². The average Bonchev–Trinajstić information content (AvgIpc) is 2.88. The van der Waals surface area contributed by atoms with Crippen molar-refractivity contribution in [3.8, 4) is 5.75 Å². The molecule has 1 aromatic heterocycles. The minimum Gasteiger partial charge on any atom is -0.480 e. The monoisotopic (exact) mass is 511 g/mol. The van der Waals surface area contributed by atoms with Gasteiger partial charge in [0.1, 0.15) is 23.4 Å².